The Hall–Kier alpha value is -1.55. The van der Waals surface area contributed by atoms with Gasteiger partial charge >= 0.3 is 6.03 Å². The lowest BCUT2D eigenvalue weighted by atomic mass is 10.0. The number of aliphatic hydroxyl groups excluding tert-OH is 1. The largest absolute Gasteiger partial charge is 0.390 e. The number of urea groups is 1. The minimum atomic E-state index is -0.542. The smallest absolute Gasteiger partial charge is 0.315 e. The number of hydrogen-bond acceptors (Lipinski definition) is 2. The van der Waals surface area contributed by atoms with Crippen molar-refractivity contribution in [2.75, 3.05) is 0 Å². The third kappa shape index (κ3) is 4.21. The summed E-state index contributed by atoms with van der Waals surface area (Å²) in [6.45, 7) is 6.37. The summed E-state index contributed by atoms with van der Waals surface area (Å²) in [5.74, 6) is 0.640. The molecule has 0 aliphatic heterocycles. The van der Waals surface area contributed by atoms with Gasteiger partial charge in [-0.15, -0.1) is 0 Å². The van der Waals surface area contributed by atoms with Crippen molar-refractivity contribution in [3.63, 3.8) is 0 Å². The SMILES string of the molecule is CC(C)CCC(C)NC(=O)NC1c2ccccc2CC1O. The van der Waals surface area contributed by atoms with E-state index in [9.17, 15) is 9.90 Å². The van der Waals surface area contributed by atoms with Gasteiger partial charge in [0, 0.05) is 12.5 Å². The zero-order valence-electron chi connectivity index (χ0n) is 13.1. The van der Waals surface area contributed by atoms with Crippen molar-refractivity contribution in [1.82, 2.24) is 10.6 Å². The van der Waals surface area contributed by atoms with Crippen LogP contribution in [-0.2, 0) is 6.42 Å². The number of hydrogen-bond donors (Lipinski definition) is 3. The van der Waals surface area contributed by atoms with Gasteiger partial charge in [0.15, 0.2) is 0 Å². The first kappa shape index (κ1) is 15.8. The highest BCUT2D eigenvalue weighted by Crippen LogP contribution is 2.31. The number of fused-ring (bicyclic) bond motifs is 1. The molecule has 116 valence electrons. The lowest BCUT2D eigenvalue weighted by molar-refractivity contribution is 0.142. The van der Waals surface area contributed by atoms with Crippen molar-refractivity contribution < 1.29 is 9.90 Å². The maximum Gasteiger partial charge on any atom is 0.315 e. The second-order valence-corrected chi connectivity index (χ2v) is 6.44. The number of rotatable bonds is 5. The molecule has 0 fully saturated rings. The summed E-state index contributed by atoms with van der Waals surface area (Å²) < 4.78 is 0. The van der Waals surface area contributed by atoms with Gasteiger partial charge in [-0.2, -0.15) is 0 Å². The van der Waals surface area contributed by atoms with Crippen molar-refractivity contribution in [1.29, 1.82) is 0 Å². The summed E-state index contributed by atoms with van der Waals surface area (Å²) >= 11 is 0. The quantitative estimate of drug-likeness (QED) is 0.781. The lowest BCUT2D eigenvalue weighted by Gasteiger charge is -2.21. The standard InChI is InChI=1S/C17H26N2O2/c1-11(2)8-9-12(3)18-17(21)19-16-14-7-5-4-6-13(14)10-15(16)20/h4-7,11-12,15-16,20H,8-10H2,1-3H3,(H2,18,19,21). The average Bonchev–Trinajstić information content (AvgIpc) is 2.73. The summed E-state index contributed by atoms with van der Waals surface area (Å²) in [5.41, 5.74) is 2.14. The molecule has 4 heteroatoms. The normalized spacial score (nSPS) is 22.0. The van der Waals surface area contributed by atoms with E-state index in [4.69, 9.17) is 0 Å². The first-order valence-electron chi connectivity index (χ1n) is 7.80. The Balaban J connectivity index is 1.88. The molecule has 0 spiro atoms. The number of aliphatic hydroxyl groups is 1. The molecule has 2 amide bonds. The van der Waals surface area contributed by atoms with Crippen LogP contribution in [0.4, 0.5) is 4.79 Å². The third-order valence-electron chi connectivity index (χ3n) is 4.05. The predicted octanol–water partition coefficient (Wildman–Crippen LogP) is 2.77. The van der Waals surface area contributed by atoms with Gasteiger partial charge < -0.3 is 15.7 Å². The first-order chi connectivity index (χ1) is 9.97. The first-order valence-corrected chi connectivity index (χ1v) is 7.80. The van der Waals surface area contributed by atoms with Crippen LogP contribution in [0.15, 0.2) is 24.3 Å². The van der Waals surface area contributed by atoms with E-state index in [0.29, 0.717) is 12.3 Å². The number of carbonyl (C=O) groups excluding carboxylic acids is 1. The number of amides is 2. The molecular formula is C17H26N2O2. The van der Waals surface area contributed by atoms with Crippen LogP contribution in [0.5, 0.6) is 0 Å². The molecule has 0 aromatic heterocycles. The van der Waals surface area contributed by atoms with E-state index in [0.717, 1.165) is 24.0 Å². The fourth-order valence-electron chi connectivity index (χ4n) is 2.81. The van der Waals surface area contributed by atoms with E-state index in [2.05, 4.69) is 24.5 Å². The number of benzene rings is 1. The van der Waals surface area contributed by atoms with E-state index >= 15 is 0 Å². The average molecular weight is 290 g/mol. The fourth-order valence-corrected chi connectivity index (χ4v) is 2.81. The van der Waals surface area contributed by atoms with Gasteiger partial charge in [0.1, 0.15) is 0 Å². The predicted molar refractivity (Wildman–Crippen MR) is 84.1 cm³/mol. The Kier molecular flexibility index (Phi) is 5.23. The van der Waals surface area contributed by atoms with Crippen molar-refractivity contribution in [2.24, 2.45) is 5.92 Å². The molecule has 3 atom stereocenters. The van der Waals surface area contributed by atoms with Gasteiger partial charge in [-0.05, 0) is 36.8 Å². The highest BCUT2D eigenvalue weighted by Gasteiger charge is 2.31. The highest BCUT2D eigenvalue weighted by molar-refractivity contribution is 5.75. The Labute approximate surface area is 126 Å². The van der Waals surface area contributed by atoms with Crippen molar-refractivity contribution in [3.8, 4) is 0 Å². The number of carbonyl (C=O) groups is 1. The van der Waals surface area contributed by atoms with Crippen LogP contribution in [0.25, 0.3) is 0 Å². The highest BCUT2D eigenvalue weighted by atomic mass is 16.3. The van der Waals surface area contributed by atoms with E-state index in [1.165, 1.54) is 0 Å². The molecule has 1 aliphatic rings. The van der Waals surface area contributed by atoms with Gasteiger partial charge in [0.25, 0.3) is 0 Å². The van der Waals surface area contributed by atoms with Crippen LogP contribution in [0.3, 0.4) is 0 Å². The summed E-state index contributed by atoms with van der Waals surface area (Å²) in [6.07, 6.45) is 2.12. The second kappa shape index (κ2) is 6.94. The van der Waals surface area contributed by atoms with Crippen LogP contribution in [0, 0.1) is 5.92 Å². The molecule has 0 saturated heterocycles. The molecule has 1 aromatic carbocycles. The monoisotopic (exact) mass is 290 g/mol. The Morgan fingerprint density at radius 2 is 2.00 bits per heavy atom. The molecular weight excluding hydrogens is 264 g/mol. The molecule has 0 heterocycles. The third-order valence-corrected chi connectivity index (χ3v) is 4.05. The van der Waals surface area contributed by atoms with Crippen molar-refractivity contribution in [3.05, 3.63) is 35.4 Å². The summed E-state index contributed by atoms with van der Waals surface area (Å²) in [5, 5.41) is 16.0. The van der Waals surface area contributed by atoms with Crippen LogP contribution in [-0.4, -0.2) is 23.3 Å². The Morgan fingerprint density at radius 1 is 1.29 bits per heavy atom. The zero-order chi connectivity index (χ0) is 15.4. The van der Waals surface area contributed by atoms with Crippen LogP contribution < -0.4 is 10.6 Å². The second-order valence-electron chi connectivity index (χ2n) is 6.44. The van der Waals surface area contributed by atoms with E-state index in [1.54, 1.807) is 0 Å². The maximum absolute atomic E-state index is 12.1. The van der Waals surface area contributed by atoms with Crippen LogP contribution >= 0.6 is 0 Å². The van der Waals surface area contributed by atoms with Crippen molar-refractivity contribution >= 4 is 6.03 Å². The van der Waals surface area contributed by atoms with E-state index < -0.39 is 6.10 Å². The Bertz CT molecular complexity index is 487. The van der Waals surface area contributed by atoms with Gasteiger partial charge in [-0.25, -0.2) is 4.79 Å². The molecule has 0 saturated carbocycles. The van der Waals surface area contributed by atoms with Gasteiger partial charge in [-0.3, -0.25) is 0 Å². The molecule has 0 bridgehead atoms. The molecule has 1 aromatic rings. The van der Waals surface area contributed by atoms with Crippen molar-refractivity contribution in [2.45, 2.75) is 58.2 Å². The molecule has 1 aliphatic carbocycles. The van der Waals surface area contributed by atoms with E-state index in [-0.39, 0.29) is 18.1 Å². The summed E-state index contributed by atoms with van der Waals surface area (Å²) in [6, 6.07) is 7.51. The van der Waals surface area contributed by atoms with Gasteiger partial charge in [-0.1, -0.05) is 38.1 Å². The number of nitrogens with one attached hydrogen (secondary N) is 2. The summed E-state index contributed by atoms with van der Waals surface area (Å²) in [4.78, 5) is 12.1. The topological polar surface area (TPSA) is 61.4 Å². The Morgan fingerprint density at radius 3 is 2.71 bits per heavy atom. The molecule has 21 heavy (non-hydrogen) atoms. The minimum Gasteiger partial charge on any atom is -0.390 e. The molecule has 2 rings (SSSR count). The molecule has 3 N–H and O–H groups in total. The van der Waals surface area contributed by atoms with Gasteiger partial charge in [0.2, 0.25) is 0 Å². The minimum absolute atomic E-state index is 0.140. The fraction of sp³-hybridized carbons (Fsp3) is 0.588. The zero-order valence-corrected chi connectivity index (χ0v) is 13.1. The van der Waals surface area contributed by atoms with Crippen LogP contribution in [0.1, 0.15) is 50.8 Å². The molecule has 4 nitrogen and oxygen atoms in total. The van der Waals surface area contributed by atoms with E-state index in [1.807, 2.05) is 31.2 Å². The van der Waals surface area contributed by atoms with Crippen LogP contribution in [0.2, 0.25) is 0 Å². The molecule has 0 radical (unpaired) electrons. The van der Waals surface area contributed by atoms with Gasteiger partial charge in [0.05, 0.1) is 12.1 Å². The lowest BCUT2D eigenvalue weighted by Crippen LogP contribution is -2.44. The molecule has 3 unspecified atom stereocenters. The maximum atomic E-state index is 12.1. The summed E-state index contributed by atoms with van der Waals surface area (Å²) in [7, 11) is 0.